The largest absolute Gasteiger partial charge is 0.480 e. The van der Waals surface area contributed by atoms with Gasteiger partial charge in [-0.25, -0.2) is 0 Å². The summed E-state index contributed by atoms with van der Waals surface area (Å²) in [7, 11) is 0. The lowest BCUT2D eigenvalue weighted by Crippen LogP contribution is -2.50. The summed E-state index contributed by atoms with van der Waals surface area (Å²) in [5.74, 6) is -0.702. The van der Waals surface area contributed by atoms with Crippen LogP contribution in [-0.2, 0) is 4.79 Å². The quantitative estimate of drug-likeness (QED) is 0.687. The number of hydrogen-bond donors (Lipinski definition) is 2. The van der Waals surface area contributed by atoms with Crippen molar-refractivity contribution >= 4 is 5.97 Å². The predicted molar refractivity (Wildman–Crippen MR) is 85.5 cm³/mol. The van der Waals surface area contributed by atoms with Crippen molar-refractivity contribution in [1.82, 2.24) is 10.2 Å². The van der Waals surface area contributed by atoms with Gasteiger partial charge in [-0.1, -0.05) is 13.8 Å². The fourth-order valence-corrected chi connectivity index (χ4v) is 3.62. The van der Waals surface area contributed by atoms with E-state index in [1.54, 1.807) is 0 Å². The van der Waals surface area contributed by atoms with Crippen molar-refractivity contribution < 1.29 is 9.90 Å². The molecule has 0 aromatic heterocycles. The number of hydrogen-bond acceptors (Lipinski definition) is 3. The third-order valence-electron chi connectivity index (χ3n) is 5.74. The van der Waals surface area contributed by atoms with E-state index >= 15 is 0 Å². The molecule has 1 aliphatic heterocycles. The monoisotopic (exact) mass is 296 g/mol. The summed E-state index contributed by atoms with van der Waals surface area (Å²) in [6.45, 7) is 9.86. The first-order chi connectivity index (χ1) is 9.93. The maximum absolute atomic E-state index is 11.5. The molecule has 1 saturated heterocycles. The van der Waals surface area contributed by atoms with Gasteiger partial charge in [0.15, 0.2) is 0 Å². The maximum atomic E-state index is 11.5. The van der Waals surface area contributed by atoms with E-state index < -0.39 is 11.5 Å². The molecule has 2 rings (SSSR count). The average Bonchev–Trinajstić information content (AvgIpc) is 3.16. The van der Waals surface area contributed by atoms with Gasteiger partial charge in [0, 0.05) is 12.6 Å². The van der Waals surface area contributed by atoms with Gasteiger partial charge in [-0.15, -0.1) is 0 Å². The van der Waals surface area contributed by atoms with Gasteiger partial charge in [0.1, 0.15) is 5.54 Å². The summed E-state index contributed by atoms with van der Waals surface area (Å²) in [5.41, 5.74) is -0.226. The Balaban J connectivity index is 1.76. The lowest BCUT2D eigenvalue weighted by molar-refractivity contribution is -0.144. The number of likely N-dealkylation sites (tertiary alicyclic amines) is 1. The Bertz CT molecular complexity index is 364. The highest BCUT2D eigenvalue weighted by Crippen LogP contribution is 2.37. The number of aliphatic carboxylic acids is 1. The highest BCUT2D eigenvalue weighted by molar-refractivity contribution is 5.78. The Morgan fingerprint density at radius 1 is 1.38 bits per heavy atom. The fourth-order valence-electron chi connectivity index (χ4n) is 3.62. The Morgan fingerprint density at radius 2 is 2.05 bits per heavy atom. The average molecular weight is 296 g/mol. The van der Waals surface area contributed by atoms with Gasteiger partial charge in [0.05, 0.1) is 0 Å². The zero-order valence-electron chi connectivity index (χ0n) is 14.0. The standard InChI is InChI=1S/C17H32N2O2/c1-4-17(5-2)10-12-19(13-17)11-6-9-16(3,15(20)21)18-14-7-8-14/h14,18H,4-13H2,1-3H3,(H,20,21). The molecule has 2 N–H and O–H groups in total. The van der Waals surface area contributed by atoms with Crippen LogP contribution in [0.2, 0.25) is 0 Å². The minimum atomic E-state index is -0.743. The van der Waals surface area contributed by atoms with E-state index in [1.807, 2.05) is 6.92 Å². The molecule has 0 amide bonds. The third kappa shape index (κ3) is 4.19. The van der Waals surface area contributed by atoms with E-state index in [-0.39, 0.29) is 0 Å². The first-order valence-corrected chi connectivity index (χ1v) is 8.66. The van der Waals surface area contributed by atoms with Crippen molar-refractivity contribution in [3.05, 3.63) is 0 Å². The van der Waals surface area contributed by atoms with Crippen molar-refractivity contribution in [1.29, 1.82) is 0 Å². The third-order valence-corrected chi connectivity index (χ3v) is 5.74. The minimum Gasteiger partial charge on any atom is -0.480 e. The minimum absolute atomic E-state index is 0.436. The Labute approximate surface area is 129 Å². The van der Waals surface area contributed by atoms with Crippen LogP contribution in [0.4, 0.5) is 0 Å². The summed E-state index contributed by atoms with van der Waals surface area (Å²) in [5, 5.41) is 12.8. The van der Waals surface area contributed by atoms with E-state index in [0.717, 1.165) is 32.2 Å². The van der Waals surface area contributed by atoms with Gasteiger partial charge in [-0.2, -0.15) is 0 Å². The van der Waals surface area contributed by atoms with Gasteiger partial charge in [0.25, 0.3) is 0 Å². The molecule has 0 aromatic rings. The predicted octanol–water partition coefficient (Wildman–Crippen LogP) is 2.87. The maximum Gasteiger partial charge on any atom is 0.323 e. The van der Waals surface area contributed by atoms with E-state index in [9.17, 15) is 9.90 Å². The molecule has 1 unspecified atom stereocenters. The first-order valence-electron chi connectivity index (χ1n) is 8.66. The van der Waals surface area contributed by atoms with Crippen molar-refractivity contribution in [3.8, 4) is 0 Å². The molecule has 21 heavy (non-hydrogen) atoms. The number of carbonyl (C=O) groups is 1. The van der Waals surface area contributed by atoms with Crippen LogP contribution in [0.1, 0.15) is 65.7 Å². The molecule has 4 nitrogen and oxygen atoms in total. The number of carboxylic acid groups (broad SMARTS) is 1. The van der Waals surface area contributed by atoms with Crippen molar-refractivity contribution in [2.75, 3.05) is 19.6 Å². The summed E-state index contributed by atoms with van der Waals surface area (Å²) in [4.78, 5) is 14.1. The fraction of sp³-hybridized carbons (Fsp3) is 0.941. The van der Waals surface area contributed by atoms with Crippen LogP contribution in [0.15, 0.2) is 0 Å². The zero-order valence-corrected chi connectivity index (χ0v) is 14.0. The lowest BCUT2D eigenvalue weighted by Gasteiger charge is -2.29. The highest BCUT2D eigenvalue weighted by Gasteiger charge is 2.39. The first kappa shape index (κ1) is 16.8. The number of rotatable bonds is 9. The second-order valence-electron chi connectivity index (χ2n) is 7.39. The molecular formula is C17H32N2O2. The van der Waals surface area contributed by atoms with Crippen LogP contribution in [0.25, 0.3) is 0 Å². The van der Waals surface area contributed by atoms with Crippen molar-refractivity contribution in [2.24, 2.45) is 5.41 Å². The van der Waals surface area contributed by atoms with E-state index in [4.69, 9.17) is 0 Å². The zero-order chi connectivity index (χ0) is 15.5. The lowest BCUT2D eigenvalue weighted by atomic mass is 9.82. The molecule has 1 saturated carbocycles. The summed E-state index contributed by atoms with van der Waals surface area (Å²) < 4.78 is 0. The smallest absolute Gasteiger partial charge is 0.323 e. The SMILES string of the molecule is CCC1(CC)CCN(CCCC(C)(NC2CC2)C(=O)O)C1. The van der Waals surface area contributed by atoms with Crippen LogP contribution >= 0.6 is 0 Å². The summed E-state index contributed by atoms with van der Waals surface area (Å²) in [6.07, 6.45) is 7.77. The molecule has 0 radical (unpaired) electrons. The van der Waals surface area contributed by atoms with E-state index in [0.29, 0.717) is 11.5 Å². The van der Waals surface area contributed by atoms with Crippen LogP contribution in [-0.4, -0.2) is 47.2 Å². The number of carboxylic acids is 1. The Kier molecular flexibility index (Phi) is 5.31. The highest BCUT2D eigenvalue weighted by atomic mass is 16.4. The normalized spacial score (nSPS) is 24.9. The molecule has 4 heteroatoms. The summed E-state index contributed by atoms with van der Waals surface area (Å²) >= 11 is 0. The van der Waals surface area contributed by atoms with Gasteiger partial charge >= 0.3 is 5.97 Å². The van der Waals surface area contributed by atoms with Crippen molar-refractivity contribution in [3.63, 3.8) is 0 Å². The molecule has 2 aliphatic rings. The molecule has 0 aromatic carbocycles. The van der Waals surface area contributed by atoms with Crippen LogP contribution in [0, 0.1) is 5.41 Å². The molecule has 0 spiro atoms. The van der Waals surface area contributed by atoms with Crippen LogP contribution in [0.5, 0.6) is 0 Å². The molecule has 2 fully saturated rings. The Morgan fingerprint density at radius 3 is 2.52 bits per heavy atom. The van der Waals surface area contributed by atoms with Gasteiger partial charge in [-0.05, 0) is 70.4 Å². The van der Waals surface area contributed by atoms with Gasteiger partial charge in [0.2, 0.25) is 0 Å². The van der Waals surface area contributed by atoms with E-state index in [1.165, 1.54) is 32.4 Å². The summed E-state index contributed by atoms with van der Waals surface area (Å²) in [6, 6.07) is 0.436. The molecule has 0 bridgehead atoms. The van der Waals surface area contributed by atoms with E-state index in [2.05, 4.69) is 24.1 Å². The second kappa shape index (κ2) is 6.66. The van der Waals surface area contributed by atoms with Crippen LogP contribution < -0.4 is 5.32 Å². The molecule has 122 valence electrons. The molecule has 1 aliphatic carbocycles. The molecule has 1 atom stereocenters. The van der Waals surface area contributed by atoms with Gasteiger partial charge in [-0.3, -0.25) is 10.1 Å². The molecule has 1 heterocycles. The molecular weight excluding hydrogens is 264 g/mol. The topological polar surface area (TPSA) is 52.6 Å². The Hall–Kier alpha value is -0.610. The van der Waals surface area contributed by atoms with Gasteiger partial charge < -0.3 is 10.0 Å². The second-order valence-corrected chi connectivity index (χ2v) is 7.39. The van der Waals surface area contributed by atoms with Crippen LogP contribution in [0.3, 0.4) is 0 Å². The van der Waals surface area contributed by atoms with Crippen molar-refractivity contribution in [2.45, 2.75) is 77.3 Å². The number of nitrogens with one attached hydrogen (secondary N) is 1. The number of nitrogens with zero attached hydrogens (tertiary/aromatic N) is 1.